The van der Waals surface area contributed by atoms with Gasteiger partial charge in [0.1, 0.15) is 0 Å². The number of hydrogen-bond donors (Lipinski definition) is 2. The van der Waals surface area contributed by atoms with Gasteiger partial charge in [-0.15, -0.1) is 0 Å². The molecule has 0 aliphatic carbocycles. The van der Waals surface area contributed by atoms with Crippen molar-refractivity contribution in [3.05, 3.63) is 42.7 Å². The molecule has 2 rings (SSSR count). The van der Waals surface area contributed by atoms with Gasteiger partial charge in [-0.1, -0.05) is 30.3 Å². The maximum absolute atomic E-state index is 11.4. The summed E-state index contributed by atoms with van der Waals surface area (Å²) in [7, 11) is 0. The van der Waals surface area contributed by atoms with Crippen LogP contribution < -0.4 is 5.32 Å². The second kappa shape index (κ2) is 6.61. The number of carbonyl (C=O) groups is 1. The molecular formula is C14H15N3O2. The van der Waals surface area contributed by atoms with Crippen LogP contribution in [0.25, 0.3) is 11.4 Å². The van der Waals surface area contributed by atoms with Crippen LogP contribution in [0, 0.1) is 0 Å². The zero-order chi connectivity index (χ0) is 13.5. The first-order chi connectivity index (χ1) is 9.29. The van der Waals surface area contributed by atoms with Crippen molar-refractivity contribution in [2.24, 2.45) is 0 Å². The van der Waals surface area contributed by atoms with Gasteiger partial charge in [-0.05, 0) is 6.42 Å². The summed E-state index contributed by atoms with van der Waals surface area (Å²) in [5.41, 5.74) is 1.49. The molecule has 0 atom stereocenters. The molecule has 0 aliphatic rings. The van der Waals surface area contributed by atoms with E-state index in [4.69, 9.17) is 5.11 Å². The Hall–Kier alpha value is -2.27. The maximum Gasteiger partial charge on any atom is 0.224 e. The van der Waals surface area contributed by atoms with Crippen molar-refractivity contribution in [1.29, 1.82) is 0 Å². The lowest BCUT2D eigenvalue weighted by atomic mass is 10.2. The molecule has 0 spiro atoms. The highest BCUT2D eigenvalue weighted by Crippen LogP contribution is 2.14. The van der Waals surface area contributed by atoms with Gasteiger partial charge in [0.05, 0.1) is 18.1 Å². The Bertz CT molecular complexity index is 526. The molecule has 19 heavy (non-hydrogen) atoms. The first-order valence-corrected chi connectivity index (χ1v) is 6.08. The van der Waals surface area contributed by atoms with E-state index in [-0.39, 0.29) is 18.9 Å². The lowest BCUT2D eigenvalue weighted by Crippen LogP contribution is -2.12. The van der Waals surface area contributed by atoms with Crippen LogP contribution in [0.1, 0.15) is 12.8 Å². The molecule has 0 unspecified atom stereocenters. The van der Waals surface area contributed by atoms with E-state index in [1.54, 1.807) is 12.4 Å². The van der Waals surface area contributed by atoms with Crippen LogP contribution in [-0.4, -0.2) is 27.6 Å². The average Bonchev–Trinajstić information content (AvgIpc) is 2.47. The monoisotopic (exact) mass is 257 g/mol. The molecule has 1 heterocycles. The average molecular weight is 257 g/mol. The number of aliphatic hydroxyl groups excluding tert-OH is 1. The summed E-state index contributed by atoms with van der Waals surface area (Å²) < 4.78 is 0. The molecule has 2 aromatic rings. The van der Waals surface area contributed by atoms with E-state index in [9.17, 15) is 4.79 Å². The first kappa shape index (κ1) is 13.2. The van der Waals surface area contributed by atoms with Gasteiger partial charge in [-0.2, -0.15) is 0 Å². The lowest BCUT2D eigenvalue weighted by Gasteiger charge is -2.05. The predicted molar refractivity (Wildman–Crippen MR) is 72.4 cm³/mol. The summed E-state index contributed by atoms with van der Waals surface area (Å²) in [5.74, 6) is 0.471. The minimum absolute atomic E-state index is 0.0108. The van der Waals surface area contributed by atoms with Crippen molar-refractivity contribution in [2.45, 2.75) is 12.8 Å². The van der Waals surface area contributed by atoms with E-state index >= 15 is 0 Å². The van der Waals surface area contributed by atoms with Crippen molar-refractivity contribution in [2.75, 3.05) is 11.9 Å². The maximum atomic E-state index is 11.4. The molecule has 2 N–H and O–H groups in total. The molecule has 5 heteroatoms. The van der Waals surface area contributed by atoms with Gasteiger partial charge in [0, 0.05) is 18.6 Å². The van der Waals surface area contributed by atoms with Crippen molar-refractivity contribution < 1.29 is 9.90 Å². The zero-order valence-electron chi connectivity index (χ0n) is 10.4. The van der Waals surface area contributed by atoms with Gasteiger partial charge in [0.15, 0.2) is 5.82 Å². The number of anilines is 1. The Labute approximate surface area is 111 Å². The number of carbonyl (C=O) groups excluding carboxylic acids is 1. The molecule has 0 bridgehead atoms. The highest BCUT2D eigenvalue weighted by Gasteiger charge is 2.04. The van der Waals surface area contributed by atoms with Gasteiger partial charge < -0.3 is 10.4 Å². The summed E-state index contributed by atoms with van der Waals surface area (Å²) >= 11 is 0. The molecule has 5 nitrogen and oxygen atoms in total. The van der Waals surface area contributed by atoms with E-state index in [0.717, 1.165) is 5.56 Å². The first-order valence-electron chi connectivity index (χ1n) is 6.08. The van der Waals surface area contributed by atoms with Gasteiger partial charge in [-0.25, -0.2) is 9.97 Å². The predicted octanol–water partition coefficient (Wildman–Crippen LogP) is 1.85. The quantitative estimate of drug-likeness (QED) is 0.857. The standard InChI is InChI=1S/C14H15N3O2/c18-8-4-7-13(19)17-12-9-15-14(16-10-12)11-5-2-1-3-6-11/h1-3,5-6,9-10,18H,4,7-8H2,(H,17,19). The number of amides is 1. The lowest BCUT2D eigenvalue weighted by molar-refractivity contribution is -0.116. The fraction of sp³-hybridized carbons (Fsp3) is 0.214. The van der Waals surface area contributed by atoms with Gasteiger partial charge >= 0.3 is 0 Å². The Morgan fingerprint density at radius 3 is 2.47 bits per heavy atom. The van der Waals surface area contributed by atoms with Crippen LogP contribution in [0.5, 0.6) is 0 Å². The number of nitrogens with zero attached hydrogens (tertiary/aromatic N) is 2. The van der Waals surface area contributed by atoms with Crippen LogP contribution in [0.15, 0.2) is 42.7 Å². The molecule has 1 aromatic carbocycles. The third kappa shape index (κ3) is 3.86. The van der Waals surface area contributed by atoms with Crippen LogP contribution >= 0.6 is 0 Å². The van der Waals surface area contributed by atoms with E-state index in [1.807, 2.05) is 30.3 Å². The second-order valence-corrected chi connectivity index (χ2v) is 4.04. The minimum atomic E-state index is -0.148. The van der Waals surface area contributed by atoms with E-state index in [0.29, 0.717) is 17.9 Å². The van der Waals surface area contributed by atoms with Gasteiger partial charge in [-0.3, -0.25) is 4.79 Å². The molecule has 0 radical (unpaired) electrons. The summed E-state index contributed by atoms with van der Waals surface area (Å²) in [5, 5.41) is 11.3. The second-order valence-electron chi connectivity index (χ2n) is 4.04. The zero-order valence-corrected chi connectivity index (χ0v) is 10.4. The largest absolute Gasteiger partial charge is 0.396 e. The Kier molecular flexibility index (Phi) is 4.58. The summed E-state index contributed by atoms with van der Waals surface area (Å²) in [6.07, 6.45) is 3.89. The molecule has 1 amide bonds. The third-order valence-electron chi connectivity index (χ3n) is 2.53. The van der Waals surface area contributed by atoms with E-state index in [1.165, 1.54) is 0 Å². The van der Waals surface area contributed by atoms with Crippen molar-refractivity contribution >= 4 is 11.6 Å². The van der Waals surface area contributed by atoms with Crippen LogP contribution in [0.2, 0.25) is 0 Å². The fourth-order valence-electron chi connectivity index (χ4n) is 1.59. The molecule has 98 valence electrons. The Morgan fingerprint density at radius 1 is 1.16 bits per heavy atom. The summed E-state index contributed by atoms with van der Waals surface area (Å²) in [6, 6.07) is 9.62. The molecule has 0 fully saturated rings. The third-order valence-corrected chi connectivity index (χ3v) is 2.53. The number of aliphatic hydroxyl groups is 1. The fourth-order valence-corrected chi connectivity index (χ4v) is 1.59. The number of aromatic nitrogens is 2. The molecular weight excluding hydrogens is 242 g/mol. The van der Waals surface area contributed by atoms with Crippen molar-refractivity contribution in [3.8, 4) is 11.4 Å². The topological polar surface area (TPSA) is 75.1 Å². The Balaban J connectivity index is 2.01. The Morgan fingerprint density at radius 2 is 1.84 bits per heavy atom. The summed E-state index contributed by atoms with van der Waals surface area (Å²) in [6.45, 7) is 0.0108. The summed E-state index contributed by atoms with van der Waals surface area (Å²) in [4.78, 5) is 19.9. The molecule has 1 aromatic heterocycles. The van der Waals surface area contributed by atoms with Crippen molar-refractivity contribution in [3.63, 3.8) is 0 Å². The van der Waals surface area contributed by atoms with Crippen LogP contribution in [0.3, 0.4) is 0 Å². The SMILES string of the molecule is O=C(CCCO)Nc1cnc(-c2ccccc2)nc1. The van der Waals surface area contributed by atoms with Crippen molar-refractivity contribution in [1.82, 2.24) is 9.97 Å². The number of rotatable bonds is 5. The number of benzene rings is 1. The van der Waals surface area contributed by atoms with Gasteiger partial charge in [0.2, 0.25) is 5.91 Å². The highest BCUT2D eigenvalue weighted by atomic mass is 16.3. The smallest absolute Gasteiger partial charge is 0.224 e. The van der Waals surface area contributed by atoms with Gasteiger partial charge in [0.25, 0.3) is 0 Å². The van der Waals surface area contributed by atoms with E-state index in [2.05, 4.69) is 15.3 Å². The number of nitrogens with one attached hydrogen (secondary N) is 1. The number of hydrogen-bond acceptors (Lipinski definition) is 4. The minimum Gasteiger partial charge on any atom is -0.396 e. The van der Waals surface area contributed by atoms with Crippen LogP contribution in [0.4, 0.5) is 5.69 Å². The highest BCUT2D eigenvalue weighted by molar-refractivity contribution is 5.90. The normalized spacial score (nSPS) is 10.2. The molecule has 0 saturated carbocycles. The molecule has 0 aliphatic heterocycles. The molecule has 0 saturated heterocycles. The van der Waals surface area contributed by atoms with Crippen LogP contribution in [-0.2, 0) is 4.79 Å². The van der Waals surface area contributed by atoms with E-state index < -0.39 is 0 Å².